The molecule has 3 atom stereocenters. The molecular weight excluding hydrogens is 361 g/mol. The molecule has 0 bridgehead atoms. The van der Waals surface area contributed by atoms with Gasteiger partial charge in [0.1, 0.15) is 12.3 Å². The van der Waals surface area contributed by atoms with Crippen molar-refractivity contribution < 1.29 is 27.5 Å². The van der Waals surface area contributed by atoms with Gasteiger partial charge in [-0.05, 0) is 43.7 Å². The Balaban J connectivity index is 1.58. The van der Waals surface area contributed by atoms with E-state index in [0.717, 1.165) is 12.8 Å². The van der Waals surface area contributed by atoms with Crippen LogP contribution in [0.4, 0.5) is 13.2 Å². The van der Waals surface area contributed by atoms with E-state index in [0.29, 0.717) is 25.2 Å². The van der Waals surface area contributed by atoms with Gasteiger partial charge in [-0.25, -0.2) is 0 Å². The lowest BCUT2D eigenvalue weighted by molar-refractivity contribution is -0.141. The van der Waals surface area contributed by atoms with Crippen LogP contribution in [0.1, 0.15) is 25.7 Å². The van der Waals surface area contributed by atoms with E-state index in [1.165, 1.54) is 0 Å². The summed E-state index contributed by atoms with van der Waals surface area (Å²) in [4.78, 5) is 24.4. The summed E-state index contributed by atoms with van der Waals surface area (Å²) in [6.45, 7) is -1.01. The molecule has 0 unspecified atom stereocenters. The molecule has 3 rings (SSSR count). The average Bonchev–Trinajstić information content (AvgIpc) is 3.40. The molecule has 2 fully saturated rings. The minimum atomic E-state index is -4.46. The minimum Gasteiger partial charge on any atom is -0.493 e. The number of hydrogen-bond acceptors (Lipinski definition) is 3. The number of ether oxygens (including phenoxy) is 1. The molecule has 2 amide bonds. The van der Waals surface area contributed by atoms with Crippen molar-refractivity contribution in [2.75, 3.05) is 13.2 Å². The van der Waals surface area contributed by atoms with Gasteiger partial charge in [-0.15, -0.1) is 0 Å². The molecule has 0 saturated heterocycles. The summed E-state index contributed by atoms with van der Waals surface area (Å²) in [6.07, 6.45) is -1.92. The predicted octanol–water partition coefficient (Wildman–Crippen LogP) is 2.66. The topological polar surface area (TPSA) is 67.4 Å². The maximum absolute atomic E-state index is 12.4. The first-order valence-electron chi connectivity index (χ1n) is 9.14. The Morgan fingerprint density at radius 3 is 2.41 bits per heavy atom. The second kappa shape index (κ2) is 8.19. The van der Waals surface area contributed by atoms with Gasteiger partial charge in [0, 0.05) is 12.0 Å². The van der Waals surface area contributed by atoms with Crippen molar-refractivity contribution >= 4 is 11.8 Å². The third-order valence-corrected chi connectivity index (χ3v) is 4.96. The Hall–Kier alpha value is -2.25. The molecule has 2 N–H and O–H groups in total. The third-order valence-electron chi connectivity index (χ3n) is 4.96. The van der Waals surface area contributed by atoms with Crippen LogP contribution in [-0.2, 0) is 9.59 Å². The van der Waals surface area contributed by atoms with Crippen molar-refractivity contribution in [3.63, 3.8) is 0 Å². The normalized spacial score (nSPS) is 25.1. The van der Waals surface area contributed by atoms with E-state index in [1.807, 2.05) is 35.6 Å². The second-order valence-electron chi connectivity index (χ2n) is 7.29. The van der Waals surface area contributed by atoms with Gasteiger partial charge in [-0.2, -0.15) is 13.2 Å². The number of halogens is 3. The molecule has 0 radical (unpaired) electrons. The Kier molecular flexibility index (Phi) is 5.92. The zero-order chi connectivity index (χ0) is 19.4. The number of carbonyl (C=O) groups is 2. The molecule has 2 saturated carbocycles. The Bertz CT molecular complexity index is 662. The molecule has 0 aromatic heterocycles. The van der Waals surface area contributed by atoms with Gasteiger partial charge in [-0.3, -0.25) is 9.59 Å². The number of alkyl halides is 3. The summed E-state index contributed by atoms with van der Waals surface area (Å²) in [5, 5.41) is 4.81. The van der Waals surface area contributed by atoms with E-state index in [4.69, 9.17) is 4.74 Å². The van der Waals surface area contributed by atoms with Crippen LogP contribution >= 0.6 is 0 Å². The number of nitrogens with one attached hydrogen (secondary N) is 2. The molecule has 148 valence electrons. The van der Waals surface area contributed by atoms with Gasteiger partial charge >= 0.3 is 6.18 Å². The smallest absolute Gasteiger partial charge is 0.405 e. The fourth-order valence-electron chi connectivity index (χ4n) is 3.42. The highest BCUT2D eigenvalue weighted by atomic mass is 19.4. The van der Waals surface area contributed by atoms with Crippen LogP contribution in [0.3, 0.4) is 0 Å². The molecule has 1 aromatic carbocycles. The summed E-state index contributed by atoms with van der Waals surface area (Å²) < 4.78 is 42.9. The number of hydrogen-bond donors (Lipinski definition) is 2. The largest absolute Gasteiger partial charge is 0.493 e. The van der Waals surface area contributed by atoms with Crippen molar-refractivity contribution in [2.45, 2.75) is 37.9 Å². The van der Waals surface area contributed by atoms with Crippen LogP contribution < -0.4 is 15.4 Å². The molecular formula is C19H23F3N2O3. The Labute approximate surface area is 155 Å². The first kappa shape index (κ1) is 19.5. The highest BCUT2D eigenvalue weighted by molar-refractivity contribution is 5.84. The van der Waals surface area contributed by atoms with Crippen molar-refractivity contribution in [1.29, 1.82) is 0 Å². The summed E-state index contributed by atoms with van der Waals surface area (Å²) in [6, 6.07) is 8.72. The van der Waals surface area contributed by atoms with Crippen molar-refractivity contribution in [3.8, 4) is 5.75 Å². The maximum Gasteiger partial charge on any atom is 0.405 e. The van der Waals surface area contributed by atoms with Gasteiger partial charge in [0.15, 0.2) is 0 Å². The molecule has 27 heavy (non-hydrogen) atoms. The molecule has 0 aliphatic heterocycles. The highest BCUT2D eigenvalue weighted by Gasteiger charge is 2.42. The lowest BCUT2D eigenvalue weighted by Gasteiger charge is -2.20. The molecule has 1 aromatic rings. The average molecular weight is 384 g/mol. The van der Waals surface area contributed by atoms with Crippen molar-refractivity contribution in [1.82, 2.24) is 10.6 Å². The summed E-state index contributed by atoms with van der Waals surface area (Å²) in [5.41, 5.74) is 0. The van der Waals surface area contributed by atoms with Crippen molar-refractivity contribution in [3.05, 3.63) is 30.3 Å². The zero-order valence-corrected chi connectivity index (χ0v) is 14.8. The molecule has 0 spiro atoms. The van der Waals surface area contributed by atoms with Crippen LogP contribution in [0.2, 0.25) is 0 Å². The van der Waals surface area contributed by atoms with Crippen LogP contribution in [0.5, 0.6) is 5.75 Å². The first-order chi connectivity index (χ1) is 12.8. The highest BCUT2D eigenvalue weighted by Crippen LogP contribution is 2.35. The number of rotatable bonds is 7. The Morgan fingerprint density at radius 1 is 1.07 bits per heavy atom. The second-order valence-corrected chi connectivity index (χ2v) is 7.29. The lowest BCUT2D eigenvalue weighted by atomic mass is 10.0. The molecule has 5 nitrogen and oxygen atoms in total. The quantitative estimate of drug-likeness (QED) is 0.760. The SMILES string of the molecule is O=C(N[C@@H]1C[C@H](COc2ccccc2)C[C@H]1C(=O)NCC(F)(F)F)C1CC1. The fraction of sp³-hybridized carbons (Fsp3) is 0.579. The van der Waals surface area contributed by atoms with E-state index < -0.39 is 30.6 Å². The number of benzene rings is 1. The van der Waals surface area contributed by atoms with E-state index in [2.05, 4.69) is 5.32 Å². The van der Waals surface area contributed by atoms with E-state index >= 15 is 0 Å². The molecule has 2 aliphatic carbocycles. The number of amides is 2. The third kappa shape index (κ3) is 5.87. The molecule has 8 heteroatoms. The van der Waals surface area contributed by atoms with E-state index in [1.54, 1.807) is 0 Å². The molecule has 2 aliphatic rings. The molecule has 0 heterocycles. The van der Waals surface area contributed by atoms with E-state index in [9.17, 15) is 22.8 Å². The van der Waals surface area contributed by atoms with Gasteiger partial charge in [0.05, 0.1) is 12.5 Å². The fourth-order valence-corrected chi connectivity index (χ4v) is 3.42. The summed E-state index contributed by atoms with van der Waals surface area (Å²) in [7, 11) is 0. The number of carbonyl (C=O) groups excluding carboxylic acids is 2. The summed E-state index contributed by atoms with van der Waals surface area (Å²) >= 11 is 0. The monoisotopic (exact) mass is 384 g/mol. The van der Waals surface area contributed by atoms with Crippen LogP contribution in [0, 0.1) is 17.8 Å². The first-order valence-corrected chi connectivity index (χ1v) is 9.14. The van der Waals surface area contributed by atoms with Gasteiger partial charge < -0.3 is 15.4 Å². The van der Waals surface area contributed by atoms with Gasteiger partial charge in [0.2, 0.25) is 11.8 Å². The predicted molar refractivity (Wildman–Crippen MR) is 91.9 cm³/mol. The van der Waals surface area contributed by atoms with Crippen LogP contribution in [0.15, 0.2) is 30.3 Å². The maximum atomic E-state index is 12.4. The van der Waals surface area contributed by atoms with E-state index in [-0.39, 0.29) is 17.7 Å². The lowest BCUT2D eigenvalue weighted by Crippen LogP contribution is -2.46. The minimum absolute atomic E-state index is 0.0173. The Morgan fingerprint density at radius 2 is 1.78 bits per heavy atom. The van der Waals surface area contributed by atoms with Crippen molar-refractivity contribution in [2.24, 2.45) is 17.8 Å². The zero-order valence-electron chi connectivity index (χ0n) is 14.8. The summed E-state index contributed by atoms with van der Waals surface area (Å²) in [5.74, 6) is -0.811. The number of para-hydroxylation sites is 1. The van der Waals surface area contributed by atoms with Crippen LogP contribution in [0.25, 0.3) is 0 Å². The van der Waals surface area contributed by atoms with Crippen LogP contribution in [-0.4, -0.2) is 37.2 Å². The van der Waals surface area contributed by atoms with Gasteiger partial charge in [-0.1, -0.05) is 18.2 Å². The van der Waals surface area contributed by atoms with Gasteiger partial charge in [0.25, 0.3) is 0 Å². The standard InChI is InChI=1S/C19H23F3N2O3/c20-19(21,22)11-23-18(26)15-8-12(10-27-14-4-2-1-3-5-14)9-16(15)24-17(25)13-6-7-13/h1-5,12-13,15-16H,6-11H2,(H,23,26)(H,24,25)/t12-,15-,16-/m1/s1.